The van der Waals surface area contributed by atoms with Crippen LogP contribution in [0.3, 0.4) is 0 Å². The third kappa shape index (κ3) is 5.09. The monoisotopic (exact) mass is 495 g/mol. The molecule has 1 fully saturated rings. The van der Waals surface area contributed by atoms with Gasteiger partial charge in [0.15, 0.2) is 5.13 Å². The summed E-state index contributed by atoms with van der Waals surface area (Å²) in [6.45, 7) is 9.46. The van der Waals surface area contributed by atoms with E-state index in [-0.39, 0.29) is 12.0 Å². The molecule has 184 valence electrons. The molecule has 5 rings (SSSR count). The lowest BCUT2D eigenvalue weighted by Gasteiger charge is -2.37. The molecule has 2 aliphatic rings. The Kier molecular flexibility index (Phi) is 6.10. The third-order valence-corrected chi connectivity index (χ3v) is 6.84. The number of amides is 2. The maximum Gasteiger partial charge on any atom is 0.410 e. The van der Waals surface area contributed by atoms with Gasteiger partial charge in [0.05, 0.1) is 29.8 Å². The molecule has 0 saturated carbocycles. The summed E-state index contributed by atoms with van der Waals surface area (Å²) in [5.41, 5.74) is 3.77. The van der Waals surface area contributed by atoms with Crippen molar-refractivity contribution in [1.29, 1.82) is 0 Å². The van der Waals surface area contributed by atoms with Crippen molar-refractivity contribution in [2.75, 3.05) is 41.3 Å². The molecule has 0 unspecified atom stereocenters. The fraction of sp³-hybridized carbons (Fsp3) is 0.417. The molecule has 2 N–H and O–H groups in total. The second kappa shape index (κ2) is 9.21. The Bertz CT molecular complexity index is 1200. The summed E-state index contributed by atoms with van der Waals surface area (Å²) in [4.78, 5) is 36.0. The number of aromatic nitrogens is 3. The molecule has 0 aliphatic carbocycles. The third-order valence-electron chi connectivity index (χ3n) is 5.94. The van der Waals surface area contributed by atoms with E-state index in [2.05, 4.69) is 30.3 Å². The number of nitrogens with one attached hydrogen (secondary N) is 2. The molecule has 4 heterocycles. The van der Waals surface area contributed by atoms with E-state index in [0.717, 1.165) is 34.3 Å². The van der Waals surface area contributed by atoms with Gasteiger partial charge < -0.3 is 24.8 Å². The van der Waals surface area contributed by atoms with E-state index >= 15 is 0 Å². The van der Waals surface area contributed by atoms with Gasteiger partial charge in [0.25, 0.3) is 5.91 Å². The summed E-state index contributed by atoms with van der Waals surface area (Å²) in [6, 6.07) is 7.72. The average molecular weight is 496 g/mol. The van der Waals surface area contributed by atoms with Crippen LogP contribution in [0.2, 0.25) is 0 Å². The van der Waals surface area contributed by atoms with Crippen LogP contribution in [0.4, 0.5) is 21.3 Å². The first kappa shape index (κ1) is 23.2. The molecular weight excluding hydrogens is 466 g/mol. The fourth-order valence-electron chi connectivity index (χ4n) is 4.21. The van der Waals surface area contributed by atoms with Gasteiger partial charge >= 0.3 is 6.09 Å². The second-order valence-electron chi connectivity index (χ2n) is 9.67. The molecule has 2 amide bonds. The van der Waals surface area contributed by atoms with Gasteiger partial charge in [-0.1, -0.05) is 12.1 Å². The number of H-pyrrole nitrogens is 1. The topological polar surface area (TPSA) is 107 Å². The maximum absolute atomic E-state index is 13.0. The van der Waals surface area contributed by atoms with Gasteiger partial charge in [-0.05, 0) is 32.9 Å². The van der Waals surface area contributed by atoms with E-state index in [0.29, 0.717) is 38.4 Å². The van der Waals surface area contributed by atoms with Crippen LogP contribution >= 0.6 is 11.3 Å². The highest BCUT2D eigenvalue weighted by molar-refractivity contribution is 7.13. The summed E-state index contributed by atoms with van der Waals surface area (Å²) >= 11 is 1.46. The zero-order valence-electron chi connectivity index (χ0n) is 20.1. The Balaban J connectivity index is 1.22. The van der Waals surface area contributed by atoms with Crippen molar-refractivity contribution in [2.45, 2.75) is 39.5 Å². The van der Waals surface area contributed by atoms with E-state index in [4.69, 9.17) is 4.74 Å². The molecular formula is C24H29N7O3S. The Morgan fingerprint density at radius 1 is 1.09 bits per heavy atom. The van der Waals surface area contributed by atoms with Gasteiger partial charge in [0.1, 0.15) is 11.3 Å². The molecule has 0 spiro atoms. The van der Waals surface area contributed by atoms with Crippen LogP contribution < -0.4 is 15.1 Å². The first-order chi connectivity index (χ1) is 16.8. The van der Waals surface area contributed by atoms with Gasteiger partial charge in [-0.3, -0.25) is 9.89 Å². The van der Waals surface area contributed by atoms with Gasteiger partial charge in [-0.15, -0.1) is 11.3 Å². The molecule has 1 saturated heterocycles. The number of anilines is 3. The molecule has 3 aromatic rings. The first-order valence-electron chi connectivity index (χ1n) is 11.6. The lowest BCUT2D eigenvalue weighted by atomic mass is 10.2. The number of carbonyl (C=O) groups is 2. The number of carbonyl (C=O) groups excluding carboxylic acids is 2. The number of aromatic amines is 1. The number of thiazole rings is 1. The van der Waals surface area contributed by atoms with Gasteiger partial charge in [0.2, 0.25) is 0 Å². The lowest BCUT2D eigenvalue weighted by Crippen LogP contribution is -2.50. The Morgan fingerprint density at radius 3 is 2.60 bits per heavy atom. The molecule has 11 heteroatoms. The summed E-state index contributed by atoms with van der Waals surface area (Å²) < 4.78 is 5.49. The number of piperazine rings is 1. The number of rotatable bonds is 4. The Morgan fingerprint density at radius 2 is 1.86 bits per heavy atom. The highest BCUT2D eigenvalue weighted by atomic mass is 32.1. The Hall–Kier alpha value is -3.60. The number of hydrogen-bond donors (Lipinski definition) is 2. The zero-order valence-corrected chi connectivity index (χ0v) is 20.9. The van der Waals surface area contributed by atoms with Crippen LogP contribution in [0.1, 0.15) is 42.5 Å². The number of fused-ring (bicyclic) bond motifs is 1. The van der Waals surface area contributed by atoms with Crippen LogP contribution in [0, 0.1) is 0 Å². The average Bonchev–Trinajstić information content (AvgIpc) is 3.55. The molecule has 0 bridgehead atoms. The molecule has 2 aromatic heterocycles. The quantitative estimate of drug-likeness (QED) is 0.568. The van der Waals surface area contributed by atoms with Crippen molar-refractivity contribution in [1.82, 2.24) is 20.1 Å². The van der Waals surface area contributed by atoms with Crippen molar-refractivity contribution in [3.63, 3.8) is 0 Å². The van der Waals surface area contributed by atoms with Crippen molar-refractivity contribution in [2.24, 2.45) is 0 Å². The maximum atomic E-state index is 13.0. The largest absolute Gasteiger partial charge is 0.444 e. The zero-order chi connectivity index (χ0) is 24.6. The van der Waals surface area contributed by atoms with Gasteiger partial charge in [-0.25, -0.2) is 9.78 Å². The lowest BCUT2D eigenvalue weighted by molar-refractivity contribution is 0.0240. The number of hydrogen-bond acceptors (Lipinski definition) is 8. The first-order valence-corrected chi connectivity index (χ1v) is 12.5. The van der Waals surface area contributed by atoms with Crippen LogP contribution in [0.25, 0.3) is 0 Å². The number of benzene rings is 1. The molecule has 0 radical (unpaired) electrons. The van der Waals surface area contributed by atoms with E-state index in [9.17, 15) is 9.59 Å². The van der Waals surface area contributed by atoms with Crippen molar-refractivity contribution < 1.29 is 14.3 Å². The fourth-order valence-corrected chi connectivity index (χ4v) is 5.02. The summed E-state index contributed by atoms with van der Waals surface area (Å²) in [6.07, 6.45) is 1.54. The minimum atomic E-state index is -0.517. The van der Waals surface area contributed by atoms with Crippen LogP contribution in [0.5, 0.6) is 0 Å². The normalized spacial score (nSPS) is 15.8. The van der Waals surface area contributed by atoms with E-state index in [1.165, 1.54) is 11.3 Å². The minimum Gasteiger partial charge on any atom is -0.444 e. The molecule has 35 heavy (non-hydrogen) atoms. The van der Waals surface area contributed by atoms with E-state index in [1.54, 1.807) is 10.3 Å². The number of ether oxygens (including phenoxy) is 1. The predicted octanol–water partition coefficient (Wildman–Crippen LogP) is 3.70. The van der Waals surface area contributed by atoms with Crippen molar-refractivity contribution in [3.05, 3.63) is 52.8 Å². The number of nitrogens with zero attached hydrogens (tertiary/aromatic N) is 5. The van der Waals surface area contributed by atoms with Crippen LogP contribution in [-0.2, 0) is 17.8 Å². The van der Waals surface area contributed by atoms with Crippen LogP contribution in [-0.4, -0.2) is 63.9 Å². The molecule has 2 aliphatic heterocycles. The van der Waals surface area contributed by atoms with Crippen LogP contribution in [0.15, 0.2) is 35.8 Å². The van der Waals surface area contributed by atoms with Crippen molar-refractivity contribution in [3.8, 4) is 0 Å². The smallest absolute Gasteiger partial charge is 0.410 e. The number of para-hydroxylation sites is 2. The molecule has 10 nitrogen and oxygen atoms in total. The predicted molar refractivity (Wildman–Crippen MR) is 135 cm³/mol. The summed E-state index contributed by atoms with van der Waals surface area (Å²) in [5.74, 6) is -0.244. The summed E-state index contributed by atoms with van der Waals surface area (Å²) in [7, 11) is 0. The second-order valence-corrected chi connectivity index (χ2v) is 10.5. The standard InChI is InChI=1S/C24H29N7O3S/c1-24(2,3)34-23(33)30-10-8-29(9-11-30)20-7-5-4-6-17(20)26-21(32)19-15-35-22(27-19)31-13-16-12-25-28-18(16)14-31/h4-7,12,15H,8-11,13-14H2,1-3H3,(H,25,28)(H,26,32). The SMILES string of the molecule is CC(C)(C)OC(=O)N1CCN(c2ccccc2NC(=O)c2csc(N3Cc4cn[nH]c4C3)n2)CC1. The van der Waals surface area contributed by atoms with Crippen molar-refractivity contribution >= 4 is 39.8 Å². The van der Waals surface area contributed by atoms with Gasteiger partial charge in [-0.2, -0.15) is 5.10 Å². The Labute approximate surface area is 207 Å². The molecule has 0 atom stereocenters. The molecule has 1 aromatic carbocycles. The highest BCUT2D eigenvalue weighted by Gasteiger charge is 2.27. The highest BCUT2D eigenvalue weighted by Crippen LogP contribution is 2.31. The minimum absolute atomic E-state index is 0.244. The van der Waals surface area contributed by atoms with Gasteiger partial charge in [0, 0.05) is 43.7 Å². The summed E-state index contributed by atoms with van der Waals surface area (Å²) in [5, 5.41) is 12.7. The van der Waals surface area contributed by atoms with E-state index < -0.39 is 5.60 Å². The van der Waals surface area contributed by atoms with E-state index in [1.807, 2.05) is 51.2 Å².